The van der Waals surface area contributed by atoms with Crippen LogP contribution in [0.25, 0.3) is 0 Å². The van der Waals surface area contributed by atoms with Crippen molar-refractivity contribution in [1.82, 2.24) is 5.32 Å². The Kier molecular flexibility index (Phi) is 4.70. The van der Waals surface area contributed by atoms with E-state index >= 15 is 0 Å². The average molecular weight is 364 g/mol. The lowest BCUT2D eigenvalue weighted by Gasteiger charge is -2.25. The molecular weight excluding hydrogens is 348 g/mol. The van der Waals surface area contributed by atoms with Gasteiger partial charge in [-0.2, -0.15) is 0 Å². The quantitative estimate of drug-likeness (QED) is 0.863. The second-order valence-corrected chi connectivity index (χ2v) is 5.86. The lowest BCUT2D eigenvalue weighted by atomic mass is 10.1. The van der Waals surface area contributed by atoms with E-state index in [0.29, 0.717) is 6.04 Å². The molecule has 2 N–H and O–H groups in total. The van der Waals surface area contributed by atoms with E-state index < -0.39 is 0 Å². The topological polar surface area (TPSA) is 33.3 Å². The molecule has 17 heavy (non-hydrogen) atoms. The van der Waals surface area contributed by atoms with Crippen LogP contribution in [0.2, 0.25) is 0 Å². The third kappa shape index (κ3) is 3.36. The molecule has 3 nitrogen and oxygen atoms in total. The van der Waals surface area contributed by atoms with Crippen LogP contribution in [0.4, 0.5) is 5.69 Å². The first-order valence-electron chi connectivity index (χ1n) is 5.71. The maximum absolute atomic E-state index is 5.31. The normalized spacial score (nSPS) is 20.1. The van der Waals surface area contributed by atoms with Crippen LogP contribution in [0.15, 0.2) is 21.1 Å². The highest BCUT2D eigenvalue weighted by molar-refractivity contribution is 9.11. The third-order valence-electron chi connectivity index (χ3n) is 2.90. The lowest BCUT2D eigenvalue weighted by molar-refractivity contribution is 0.412. The first-order chi connectivity index (χ1) is 8.20. The average Bonchev–Trinajstić information content (AvgIpc) is 2.34. The molecule has 0 aromatic heterocycles. The summed E-state index contributed by atoms with van der Waals surface area (Å²) in [6.45, 7) is 2.15. The molecule has 0 spiro atoms. The van der Waals surface area contributed by atoms with E-state index in [1.54, 1.807) is 7.11 Å². The van der Waals surface area contributed by atoms with Gasteiger partial charge in [0.25, 0.3) is 0 Å². The predicted octanol–water partition coefficient (Wildman–Crippen LogP) is 3.38. The highest BCUT2D eigenvalue weighted by atomic mass is 79.9. The largest absolute Gasteiger partial charge is 0.495 e. The Balaban J connectivity index is 2.13. The van der Waals surface area contributed by atoms with Crippen molar-refractivity contribution >= 4 is 37.5 Å². The molecule has 0 aliphatic carbocycles. The van der Waals surface area contributed by atoms with Gasteiger partial charge in [-0.05, 0) is 57.3 Å². The Morgan fingerprint density at radius 1 is 1.35 bits per heavy atom. The van der Waals surface area contributed by atoms with Crippen molar-refractivity contribution in [2.45, 2.75) is 18.9 Å². The Hall–Kier alpha value is -0.260. The van der Waals surface area contributed by atoms with Gasteiger partial charge in [0.05, 0.1) is 17.3 Å². The van der Waals surface area contributed by atoms with Gasteiger partial charge in [0, 0.05) is 23.1 Å². The molecule has 94 valence electrons. The van der Waals surface area contributed by atoms with Crippen molar-refractivity contribution in [3.63, 3.8) is 0 Å². The van der Waals surface area contributed by atoms with Crippen molar-refractivity contribution in [3.05, 3.63) is 21.1 Å². The summed E-state index contributed by atoms with van der Waals surface area (Å²) in [5, 5.41) is 6.94. The molecule has 1 aliphatic heterocycles. The number of nitrogens with one attached hydrogen (secondary N) is 2. The van der Waals surface area contributed by atoms with Gasteiger partial charge in [0.2, 0.25) is 0 Å². The first kappa shape index (κ1) is 13.2. The summed E-state index contributed by atoms with van der Waals surface area (Å²) in [6, 6.07) is 4.52. The van der Waals surface area contributed by atoms with Crippen molar-refractivity contribution in [2.24, 2.45) is 0 Å². The van der Waals surface area contributed by atoms with Gasteiger partial charge in [-0.1, -0.05) is 0 Å². The maximum atomic E-state index is 5.31. The molecule has 1 unspecified atom stereocenters. The zero-order valence-corrected chi connectivity index (χ0v) is 12.9. The first-order valence-corrected chi connectivity index (χ1v) is 7.29. The summed E-state index contributed by atoms with van der Waals surface area (Å²) in [6.07, 6.45) is 2.43. The molecule has 2 rings (SSSR count). The molecule has 0 bridgehead atoms. The number of piperidine rings is 1. The zero-order chi connectivity index (χ0) is 12.3. The monoisotopic (exact) mass is 362 g/mol. The number of hydrogen-bond acceptors (Lipinski definition) is 3. The Labute approximate surface area is 119 Å². The minimum absolute atomic E-state index is 0.492. The molecular formula is C12H16Br2N2O. The summed E-state index contributed by atoms with van der Waals surface area (Å²) in [5.74, 6) is 0.847. The van der Waals surface area contributed by atoms with Crippen molar-refractivity contribution < 1.29 is 4.74 Å². The highest BCUT2D eigenvalue weighted by Crippen LogP contribution is 2.35. The fraction of sp³-hybridized carbons (Fsp3) is 0.500. The van der Waals surface area contributed by atoms with Crippen LogP contribution < -0.4 is 15.4 Å². The number of ether oxygens (including phenoxy) is 1. The van der Waals surface area contributed by atoms with Crippen molar-refractivity contribution in [3.8, 4) is 5.75 Å². The molecule has 5 heteroatoms. The third-order valence-corrected chi connectivity index (χ3v) is 4.17. The van der Waals surface area contributed by atoms with E-state index in [2.05, 4.69) is 42.5 Å². The number of halogens is 2. The molecule has 1 aliphatic rings. The number of benzene rings is 1. The van der Waals surface area contributed by atoms with Crippen LogP contribution in [0.1, 0.15) is 12.8 Å². The van der Waals surface area contributed by atoms with Crippen LogP contribution in [0.3, 0.4) is 0 Å². The molecule has 1 heterocycles. The Bertz CT molecular complexity index is 392. The fourth-order valence-corrected chi connectivity index (χ4v) is 3.26. The minimum Gasteiger partial charge on any atom is -0.495 e. The van der Waals surface area contributed by atoms with Crippen LogP contribution in [-0.2, 0) is 0 Å². The summed E-state index contributed by atoms with van der Waals surface area (Å²) in [7, 11) is 1.68. The second kappa shape index (κ2) is 6.07. The second-order valence-electron chi connectivity index (χ2n) is 4.15. The summed E-state index contributed by atoms with van der Waals surface area (Å²) >= 11 is 7.04. The molecule has 1 atom stereocenters. The standard InChI is InChI=1S/C12H16Br2N2O/c1-17-12-6-11(9(13)5-10(12)14)16-8-3-2-4-15-7-8/h5-6,8,15-16H,2-4,7H2,1H3. The molecule has 0 radical (unpaired) electrons. The van der Waals surface area contributed by atoms with Gasteiger partial charge in [-0.25, -0.2) is 0 Å². The number of hydrogen-bond donors (Lipinski definition) is 2. The maximum Gasteiger partial charge on any atom is 0.135 e. The zero-order valence-electron chi connectivity index (χ0n) is 9.72. The van der Waals surface area contributed by atoms with E-state index in [9.17, 15) is 0 Å². The minimum atomic E-state index is 0.492. The van der Waals surface area contributed by atoms with Crippen LogP contribution in [0.5, 0.6) is 5.75 Å². The van der Waals surface area contributed by atoms with Crippen LogP contribution >= 0.6 is 31.9 Å². The van der Waals surface area contributed by atoms with E-state index in [1.807, 2.05) is 12.1 Å². The van der Waals surface area contributed by atoms with Gasteiger partial charge in [-0.15, -0.1) is 0 Å². The van der Waals surface area contributed by atoms with Gasteiger partial charge in [0.15, 0.2) is 0 Å². The van der Waals surface area contributed by atoms with Gasteiger partial charge < -0.3 is 15.4 Å². The van der Waals surface area contributed by atoms with Gasteiger partial charge in [0.1, 0.15) is 5.75 Å². The van der Waals surface area contributed by atoms with Crippen molar-refractivity contribution in [1.29, 1.82) is 0 Å². The van der Waals surface area contributed by atoms with E-state index in [-0.39, 0.29) is 0 Å². The molecule has 1 fully saturated rings. The molecule has 1 aromatic carbocycles. The van der Waals surface area contributed by atoms with Gasteiger partial charge in [-0.3, -0.25) is 0 Å². The molecule has 0 saturated carbocycles. The SMILES string of the molecule is COc1cc(NC2CCCNC2)c(Br)cc1Br. The Morgan fingerprint density at radius 2 is 2.18 bits per heavy atom. The van der Waals surface area contributed by atoms with E-state index in [1.165, 1.54) is 12.8 Å². The number of rotatable bonds is 3. The lowest BCUT2D eigenvalue weighted by Crippen LogP contribution is -2.38. The smallest absolute Gasteiger partial charge is 0.135 e. The highest BCUT2D eigenvalue weighted by Gasteiger charge is 2.15. The van der Waals surface area contributed by atoms with Gasteiger partial charge >= 0.3 is 0 Å². The van der Waals surface area contributed by atoms with Crippen LogP contribution in [0, 0.1) is 0 Å². The van der Waals surface area contributed by atoms with Crippen molar-refractivity contribution in [2.75, 3.05) is 25.5 Å². The summed E-state index contributed by atoms with van der Waals surface area (Å²) < 4.78 is 7.32. The predicted molar refractivity (Wildman–Crippen MR) is 77.9 cm³/mol. The van der Waals surface area contributed by atoms with E-state index in [0.717, 1.165) is 33.5 Å². The Morgan fingerprint density at radius 3 is 2.82 bits per heavy atom. The molecule has 0 amide bonds. The van der Waals surface area contributed by atoms with E-state index in [4.69, 9.17) is 4.74 Å². The fourth-order valence-electron chi connectivity index (χ4n) is 1.99. The number of methoxy groups -OCH3 is 1. The molecule has 1 aromatic rings. The molecule has 1 saturated heterocycles. The number of anilines is 1. The summed E-state index contributed by atoms with van der Waals surface area (Å²) in [5.41, 5.74) is 1.08. The summed E-state index contributed by atoms with van der Waals surface area (Å²) in [4.78, 5) is 0. The van der Waals surface area contributed by atoms with Crippen LogP contribution in [-0.4, -0.2) is 26.2 Å².